The van der Waals surface area contributed by atoms with Crippen molar-refractivity contribution in [3.63, 3.8) is 0 Å². The van der Waals surface area contributed by atoms with E-state index in [9.17, 15) is 21.6 Å². The minimum atomic E-state index is -4.64. The number of sulfonamides is 1. The maximum Gasteiger partial charge on any atom is 0.416 e. The predicted molar refractivity (Wildman–Crippen MR) is 109 cm³/mol. The molecular weight excluding hydrogens is 431 g/mol. The topological polar surface area (TPSA) is 73.2 Å². The minimum Gasteiger partial charge on any atom is -0.426 e. The van der Waals surface area contributed by atoms with Gasteiger partial charge in [-0.05, 0) is 51.1 Å². The number of imidazole rings is 1. The van der Waals surface area contributed by atoms with E-state index in [-0.39, 0.29) is 6.01 Å². The summed E-state index contributed by atoms with van der Waals surface area (Å²) in [6.45, 7) is 5.84. The van der Waals surface area contributed by atoms with Crippen molar-refractivity contribution in [2.24, 2.45) is 0 Å². The van der Waals surface area contributed by atoms with Crippen molar-refractivity contribution in [2.45, 2.75) is 44.4 Å². The Morgan fingerprint density at radius 2 is 1.84 bits per heavy atom. The number of nitrogens with one attached hydrogen (secondary N) is 1. The minimum absolute atomic E-state index is 0.284. The Bertz CT molecular complexity index is 1160. The lowest BCUT2D eigenvalue weighted by Crippen LogP contribution is -2.28. The molecule has 0 aliphatic carbocycles. The molecule has 1 atom stereocenters. The fourth-order valence-electron chi connectivity index (χ4n) is 3.03. The summed E-state index contributed by atoms with van der Waals surface area (Å²) < 4.78 is 74.1. The Hall–Kier alpha value is -2.85. The number of benzene rings is 2. The zero-order valence-corrected chi connectivity index (χ0v) is 18.0. The van der Waals surface area contributed by atoms with Gasteiger partial charge in [-0.1, -0.05) is 23.8 Å². The first-order valence-corrected chi connectivity index (χ1v) is 11.0. The first kappa shape index (κ1) is 22.8. The molecule has 166 valence electrons. The SMILES string of the molecule is CCn1c(C(C)NS(=O)(=O)c2cccc(C(F)(F)F)c2)cnc1Oc1ccc(C)cc1. The Morgan fingerprint density at radius 3 is 2.45 bits per heavy atom. The molecule has 0 aliphatic heterocycles. The summed E-state index contributed by atoms with van der Waals surface area (Å²) in [5.74, 6) is 0.578. The van der Waals surface area contributed by atoms with Gasteiger partial charge in [0.05, 0.1) is 28.4 Å². The molecule has 1 N–H and O–H groups in total. The Morgan fingerprint density at radius 1 is 1.16 bits per heavy atom. The third kappa shape index (κ3) is 5.26. The third-order valence-corrected chi connectivity index (χ3v) is 6.18. The molecule has 0 bridgehead atoms. The molecule has 1 heterocycles. The number of halogens is 3. The molecule has 0 aliphatic rings. The lowest BCUT2D eigenvalue weighted by molar-refractivity contribution is -0.137. The molecule has 1 unspecified atom stereocenters. The zero-order valence-electron chi connectivity index (χ0n) is 17.1. The average molecular weight is 453 g/mol. The molecule has 0 saturated carbocycles. The van der Waals surface area contributed by atoms with Crippen LogP contribution in [0.2, 0.25) is 0 Å². The van der Waals surface area contributed by atoms with Gasteiger partial charge in [0.25, 0.3) is 0 Å². The number of rotatable bonds is 7. The number of alkyl halides is 3. The molecule has 2 aromatic carbocycles. The van der Waals surface area contributed by atoms with Gasteiger partial charge >= 0.3 is 12.2 Å². The van der Waals surface area contributed by atoms with E-state index < -0.39 is 32.7 Å². The Kier molecular flexibility index (Phi) is 6.42. The van der Waals surface area contributed by atoms with Crippen LogP contribution in [0.25, 0.3) is 0 Å². The van der Waals surface area contributed by atoms with Crippen LogP contribution in [-0.4, -0.2) is 18.0 Å². The smallest absolute Gasteiger partial charge is 0.416 e. The maximum atomic E-state index is 12.9. The van der Waals surface area contributed by atoms with Crippen molar-refractivity contribution >= 4 is 10.0 Å². The van der Waals surface area contributed by atoms with E-state index in [2.05, 4.69) is 9.71 Å². The summed E-state index contributed by atoms with van der Waals surface area (Å²) in [6, 6.07) is 10.5. The second-order valence-electron chi connectivity index (χ2n) is 6.99. The summed E-state index contributed by atoms with van der Waals surface area (Å²) in [5, 5.41) is 0. The Labute approximate surface area is 178 Å². The molecule has 3 aromatic rings. The van der Waals surface area contributed by atoms with Crippen molar-refractivity contribution in [1.29, 1.82) is 0 Å². The van der Waals surface area contributed by atoms with E-state index in [1.807, 2.05) is 26.0 Å². The second-order valence-corrected chi connectivity index (χ2v) is 8.71. The van der Waals surface area contributed by atoms with E-state index in [4.69, 9.17) is 4.74 Å². The molecular formula is C21H22F3N3O3S. The van der Waals surface area contributed by atoms with Crippen molar-refractivity contribution in [1.82, 2.24) is 14.3 Å². The van der Waals surface area contributed by atoms with Gasteiger partial charge in [-0.25, -0.2) is 18.1 Å². The molecule has 0 saturated heterocycles. The zero-order chi connectivity index (χ0) is 22.8. The lowest BCUT2D eigenvalue weighted by atomic mass is 10.2. The third-order valence-electron chi connectivity index (χ3n) is 4.64. The molecule has 6 nitrogen and oxygen atoms in total. The van der Waals surface area contributed by atoms with E-state index in [1.54, 1.807) is 23.6 Å². The van der Waals surface area contributed by atoms with Crippen LogP contribution in [0.3, 0.4) is 0 Å². The highest BCUT2D eigenvalue weighted by Crippen LogP contribution is 2.31. The normalized spacial score (nSPS) is 13.2. The van der Waals surface area contributed by atoms with Crippen LogP contribution in [0.15, 0.2) is 59.6 Å². The van der Waals surface area contributed by atoms with Gasteiger partial charge in [-0.15, -0.1) is 0 Å². The van der Waals surface area contributed by atoms with Crippen LogP contribution in [-0.2, 0) is 22.7 Å². The fraction of sp³-hybridized carbons (Fsp3) is 0.286. The van der Waals surface area contributed by atoms with E-state index >= 15 is 0 Å². The van der Waals surface area contributed by atoms with Crippen molar-refractivity contribution < 1.29 is 26.3 Å². The van der Waals surface area contributed by atoms with Crippen LogP contribution >= 0.6 is 0 Å². The van der Waals surface area contributed by atoms with E-state index in [0.717, 1.165) is 23.8 Å². The maximum absolute atomic E-state index is 12.9. The monoisotopic (exact) mass is 453 g/mol. The molecule has 31 heavy (non-hydrogen) atoms. The quantitative estimate of drug-likeness (QED) is 0.543. The van der Waals surface area contributed by atoms with Gasteiger partial charge in [0.1, 0.15) is 5.75 Å². The molecule has 0 radical (unpaired) electrons. The van der Waals surface area contributed by atoms with Gasteiger partial charge in [-0.2, -0.15) is 13.2 Å². The molecule has 3 rings (SSSR count). The fourth-order valence-corrected chi connectivity index (χ4v) is 4.29. The van der Waals surface area contributed by atoms with Crippen LogP contribution in [0.5, 0.6) is 11.8 Å². The summed E-state index contributed by atoms with van der Waals surface area (Å²) in [4.78, 5) is 3.77. The number of aryl methyl sites for hydroxylation is 1. The van der Waals surface area contributed by atoms with Crippen molar-refractivity contribution in [3.05, 3.63) is 71.5 Å². The van der Waals surface area contributed by atoms with Crippen LogP contribution in [0.4, 0.5) is 13.2 Å². The molecule has 10 heteroatoms. The predicted octanol–water partition coefficient (Wildman–Crippen LogP) is 5.06. The van der Waals surface area contributed by atoms with Crippen molar-refractivity contribution in [3.8, 4) is 11.8 Å². The first-order chi connectivity index (χ1) is 14.5. The number of hydrogen-bond donors (Lipinski definition) is 1. The van der Waals surface area contributed by atoms with Gasteiger partial charge in [0.15, 0.2) is 0 Å². The van der Waals surface area contributed by atoms with Crippen LogP contribution < -0.4 is 9.46 Å². The molecule has 0 amide bonds. The highest BCUT2D eigenvalue weighted by Gasteiger charge is 2.32. The number of hydrogen-bond acceptors (Lipinski definition) is 4. The van der Waals surface area contributed by atoms with E-state index in [0.29, 0.717) is 24.1 Å². The number of aromatic nitrogens is 2. The van der Waals surface area contributed by atoms with Crippen LogP contribution in [0, 0.1) is 6.92 Å². The Balaban J connectivity index is 1.84. The highest BCUT2D eigenvalue weighted by atomic mass is 32.2. The first-order valence-electron chi connectivity index (χ1n) is 9.51. The number of ether oxygens (including phenoxy) is 1. The number of nitrogens with zero attached hydrogens (tertiary/aromatic N) is 2. The van der Waals surface area contributed by atoms with Gasteiger partial charge < -0.3 is 4.74 Å². The summed E-state index contributed by atoms with van der Waals surface area (Å²) >= 11 is 0. The van der Waals surface area contributed by atoms with Gasteiger partial charge in [0, 0.05) is 6.54 Å². The van der Waals surface area contributed by atoms with Crippen LogP contribution in [0.1, 0.15) is 36.7 Å². The summed E-state index contributed by atoms with van der Waals surface area (Å²) in [6.07, 6.45) is -3.16. The molecule has 1 aromatic heterocycles. The van der Waals surface area contributed by atoms with Gasteiger partial charge in [-0.3, -0.25) is 4.57 Å². The van der Waals surface area contributed by atoms with Gasteiger partial charge in [0.2, 0.25) is 10.0 Å². The second kappa shape index (κ2) is 8.72. The van der Waals surface area contributed by atoms with Crippen molar-refractivity contribution in [2.75, 3.05) is 0 Å². The highest BCUT2D eigenvalue weighted by molar-refractivity contribution is 7.89. The largest absolute Gasteiger partial charge is 0.426 e. The average Bonchev–Trinajstić information content (AvgIpc) is 3.11. The molecule has 0 spiro atoms. The standard InChI is InChI=1S/C21H22F3N3O3S/c1-4-27-19(13-25-20(27)30-17-10-8-14(2)9-11-17)15(3)26-31(28,29)18-7-5-6-16(12-18)21(22,23)24/h5-13,15,26H,4H2,1-3H3. The summed E-state index contributed by atoms with van der Waals surface area (Å²) in [5.41, 5.74) is 0.556. The molecule has 0 fully saturated rings. The lowest BCUT2D eigenvalue weighted by Gasteiger charge is -2.17. The van der Waals surface area contributed by atoms with E-state index in [1.165, 1.54) is 6.20 Å². The summed E-state index contributed by atoms with van der Waals surface area (Å²) in [7, 11) is -4.20.